The summed E-state index contributed by atoms with van der Waals surface area (Å²) in [5, 5.41) is 0. The van der Waals surface area contributed by atoms with Gasteiger partial charge in [-0.2, -0.15) is 0 Å². The van der Waals surface area contributed by atoms with Crippen molar-refractivity contribution < 1.29 is 24.0 Å². The van der Waals surface area contributed by atoms with E-state index in [1.54, 1.807) is 0 Å². The van der Waals surface area contributed by atoms with E-state index in [9.17, 15) is 0 Å². The monoisotopic (exact) mass is 191 g/mol. The Hall–Kier alpha value is 0.0244. The molecule has 2 N–H and O–H groups in total. The van der Waals surface area contributed by atoms with Gasteiger partial charge in [-0.25, -0.2) is 0 Å². The SMILES string of the molecule is CC1=CC=C(C)CCC1.O.[V]. The van der Waals surface area contributed by atoms with E-state index in [2.05, 4.69) is 26.0 Å². The molecule has 1 aliphatic carbocycles. The van der Waals surface area contributed by atoms with Crippen molar-refractivity contribution in [3.05, 3.63) is 23.3 Å². The van der Waals surface area contributed by atoms with E-state index in [4.69, 9.17) is 0 Å². The molecule has 1 radical (unpaired) electrons. The molecule has 1 rings (SSSR count). The van der Waals surface area contributed by atoms with Gasteiger partial charge < -0.3 is 5.48 Å². The van der Waals surface area contributed by atoms with Crippen molar-refractivity contribution in [1.29, 1.82) is 0 Å². The average Bonchev–Trinajstić information content (AvgIpc) is 1.97. The number of rotatable bonds is 0. The van der Waals surface area contributed by atoms with Crippen LogP contribution in [0.3, 0.4) is 0 Å². The molecule has 0 heterocycles. The fraction of sp³-hybridized carbons (Fsp3) is 0.556. The molecule has 0 atom stereocenters. The number of allylic oxidation sites excluding steroid dienone is 4. The topological polar surface area (TPSA) is 31.5 Å². The zero-order valence-corrected chi connectivity index (χ0v) is 8.62. The van der Waals surface area contributed by atoms with Gasteiger partial charge in [0.05, 0.1) is 0 Å². The van der Waals surface area contributed by atoms with Crippen LogP contribution in [-0.2, 0) is 18.6 Å². The van der Waals surface area contributed by atoms with Crippen LogP contribution in [0, 0.1) is 0 Å². The first-order valence-electron chi connectivity index (χ1n) is 3.62. The molecule has 0 aromatic carbocycles. The van der Waals surface area contributed by atoms with Crippen LogP contribution >= 0.6 is 0 Å². The maximum atomic E-state index is 2.24. The molecule has 0 bridgehead atoms. The molecule has 11 heavy (non-hydrogen) atoms. The molecule has 0 unspecified atom stereocenters. The van der Waals surface area contributed by atoms with Crippen LogP contribution in [0.4, 0.5) is 0 Å². The van der Waals surface area contributed by atoms with Gasteiger partial charge in [0.15, 0.2) is 0 Å². The van der Waals surface area contributed by atoms with E-state index < -0.39 is 0 Å². The summed E-state index contributed by atoms with van der Waals surface area (Å²) in [6, 6.07) is 0. The summed E-state index contributed by atoms with van der Waals surface area (Å²) < 4.78 is 0. The summed E-state index contributed by atoms with van der Waals surface area (Å²) in [5.74, 6) is 0. The fourth-order valence-electron chi connectivity index (χ4n) is 1.10. The van der Waals surface area contributed by atoms with Gasteiger partial charge in [-0.3, -0.25) is 0 Å². The van der Waals surface area contributed by atoms with Gasteiger partial charge in [0, 0.05) is 18.6 Å². The Labute approximate surface area is 80.8 Å². The largest absolute Gasteiger partial charge is 0.412 e. The van der Waals surface area contributed by atoms with Gasteiger partial charge in [-0.1, -0.05) is 23.3 Å². The normalized spacial score (nSPS) is 16.5. The molecule has 1 nitrogen and oxygen atoms in total. The average molecular weight is 191 g/mol. The van der Waals surface area contributed by atoms with Crippen LogP contribution in [-0.4, -0.2) is 5.48 Å². The molecular weight excluding hydrogens is 175 g/mol. The molecule has 63 valence electrons. The van der Waals surface area contributed by atoms with Crippen molar-refractivity contribution in [1.82, 2.24) is 0 Å². The summed E-state index contributed by atoms with van der Waals surface area (Å²) >= 11 is 0. The van der Waals surface area contributed by atoms with Crippen LogP contribution in [0.5, 0.6) is 0 Å². The van der Waals surface area contributed by atoms with Crippen molar-refractivity contribution in [3.63, 3.8) is 0 Å². The Balaban J connectivity index is 0. The predicted molar refractivity (Wildman–Crippen MR) is 45.0 cm³/mol. The second-order valence-corrected chi connectivity index (χ2v) is 2.88. The van der Waals surface area contributed by atoms with E-state index in [0.29, 0.717) is 0 Å². The molecule has 0 saturated heterocycles. The summed E-state index contributed by atoms with van der Waals surface area (Å²) in [6.45, 7) is 4.41. The van der Waals surface area contributed by atoms with Crippen molar-refractivity contribution in [2.75, 3.05) is 0 Å². The fourth-order valence-corrected chi connectivity index (χ4v) is 1.10. The maximum Gasteiger partial charge on any atom is 0 e. The van der Waals surface area contributed by atoms with E-state index in [1.165, 1.54) is 30.4 Å². The Morgan fingerprint density at radius 2 is 1.36 bits per heavy atom. The van der Waals surface area contributed by atoms with Crippen LogP contribution in [0.25, 0.3) is 0 Å². The summed E-state index contributed by atoms with van der Waals surface area (Å²) in [5.41, 5.74) is 3.04. The molecule has 0 spiro atoms. The van der Waals surface area contributed by atoms with Crippen molar-refractivity contribution in [3.8, 4) is 0 Å². The molecule has 2 heteroatoms. The minimum Gasteiger partial charge on any atom is -0.412 e. The second-order valence-electron chi connectivity index (χ2n) is 2.88. The first kappa shape index (κ1) is 13.6. The van der Waals surface area contributed by atoms with Gasteiger partial charge in [0.1, 0.15) is 0 Å². The molecule has 0 saturated carbocycles. The van der Waals surface area contributed by atoms with Crippen molar-refractivity contribution >= 4 is 0 Å². The minimum absolute atomic E-state index is 0. The van der Waals surface area contributed by atoms with Crippen LogP contribution in [0.2, 0.25) is 0 Å². The van der Waals surface area contributed by atoms with Gasteiger partial charge in [-0.15, -0.1) is 0 Å². The number of hydrogen-bond donors (Lipinski definition) is 0. The van der Waals surface area contributed by atoms with Crippen LogP contribution in [0.15, 0.2) is 23.3 Å². The number of hydrogen-bond acceptors (Lipinski definition) is 0. The van der Waals surface area contributed by atoms with Gasteiger partial charge in [0.2, 0.25) is 0 Å². The smallest absolute Gasteiger partial charge is 0 e. The van der Waals surface area contributed by atoms with E-state index >= 15 is 0 Å². The first-order valence-corrected chi connectivity index (χ1v) is 3.62. The Morgan fingerprint density at radius 3 is 1.73 bits per heavy atom. The van der Waals surface area contributed by atoms with E-state index in [1.807, 2.05) is 0 Å². The molecule has 0 amide bonds. The van der Waals surface area contributed by atoms with E-state index in [0.717, 1.165) is 0 Å². The van der Waals surface area contributed by atoms with E-state index in [-0.39, 0.29) is 24.0 Å². The zero-order chi connectivity index (χ0) is 6.69. The first-order chi connectivity index (χ1) is 4.29. The zero-order valence-electron chi connectivity index (χ0n) is 7.22. The molecule has 0 aromatic heterocycles. The quantitative estimate of drug-likeness (QED) is 0.562. The third kappa shape index (κ3) is 5.31. The second kappa shape index (κ2) is 6.72. The summed E-state index contributed by atoms with van der Waals surface area (Å²) in [6.07, 6.45) is 8.39. The van der Waals surface area contributed by atoms with Crippen molar-refractivity contribution in [2.45, 2.75) is 33.1 Å². The van der Waals surface area contributed by atoms with Crippen LogP contribution < -0.4 is 0 Å². The molecule has 0 fully saturated rings. The molecule has 0 aromatic rings. The summed E-state index contributed by atoms with van der Waals surface area (Å²) in [4.78, 5) is 0. The Kier molecular flexibility index (Phi) is 8.31. The van der Waals surface area contributed by atoms with Crippen molar-refractivity contribution in [2.24, 2.45) is 0 Å². The predicted octanol–water partition coefficient (Wildman–Crippen LogP) is 2.24. The molecule has 1 aliphatic rings. The van der Waals surface area contributed by atoms with Gasteiger partial charge >= 0.3 is 0 Å². The Morgan fingerprint density at radius 1 is 1.00 bits per heavy atom. The standard InChI is InChI=1S/C9H14.H2O.V/c1-8-4-3-5-9(2)7-6-8;;/h6-7H,3-5H2,1-2H3;1H2;. The minimum atomic E-state index is 0. The maximum absolute atomic E-state index is 2.24. The van der Waals surface area contributed by atoms with Crippen LogP contribution in [0.1, 0.15) is 33.1 Å². The van der Waals surface area contributed by atoms with Gasteiger partial charge in [-0.05, 0) is 33.1 Å². The summed E-state index contributed by atoms with van der Waals surface area (Å²) in [7, 11) is 0. The Bertz CT molecular complexity index is 141. The molecular formula is C9H16OV. The molecule has 0 aliphatic heterocycles. The third-order valence-electron chi connectivity index (χ3n) is 1.79. The third-order valence-corrected chi connectivity index (χ3v) is 1.79. The van der Waals surface area contributed by atoms with Gasteiger partial charge in [0.25, 0.3) is 0 Å².